The number of halogens is 4. The number of nitrogens with zero attached hydrogens (tertiary/aromatic N) is 2. The second kappa shape index (κ2) is 9.54. The standard InChI is InChI=1S/C22H24F4N4O2/c1-13(2)20(31)29-19-10-14(7-8-27-19)21(32)28-15-4-3-9-30(12-15)16-5-6-17(18(23)11-16)22(24,25)26/h5-8,10-11,13,15H,3-4,9,12H2,1-2H3,(H,28,32)(H,27,29,31)/t15-/m1/s1. The number of anilines is 2. The fraction of sp³-hybridized carbons (Fsp3) is 0.409. The molecule has 2 N–H and O–H groups in total. The maximum atomic E-state index is 14.0. The lowest BCUT2D eigenvalue weighted by Crippen LogP contribution is -2.47. The summed E-state index contributed by atoms with van der Waals surface area (Å²) in [5.41, 5.74) is -0.657. The van der Waals surface area contributed by atoms with Crippen LogP contribution in [0.5, 0.6) is 0 Å². The maximum absolute atomic E-state index is 14.0. The molecule has 0 unspecified atom stereocenters. The Kier molecular flexibility index (Phi) is 7.00. The van der Waals surface area contributed by atoms with Crippen LogP contribution in [0.3, 0.4) is 0 Å². The Morgan fingerprint density at radius 1 is 1.19 bits per heavy atom. The lowest BCUT2D eigenvalue weighted by Gasteiger charge is -2.35. The van der Waals surface area contributed by atoms with E-state index in [2.05, 4.69) is 15.6 Å². The number of nitrogens with one attached hydrogen (secondary N) is 2. The highest BCUT2D eigenvalue weighted by Crippen LogP contribution is 2.33. The van der Waals surface area contributed by atoms with Gasteiger partial charge in [-0.3, -0.25) is 9.59 Å². The van der Waals surface area contributed by atoms with Crippen LogP contribution in [0.15, 0.2) is 36.5 Å². The molecule has 2 heterocycles. The van der Waals surface area contributed by atoms with E-state index in [1.165, 1.54) is 24.4 Å². The molecular formula is C22H24F4N4O2. The van der Waals surface area contributed by atoms with Crippen molar-refractivity contribution >= 4 is 23.3 Å². The van der Waals surface area contributed by atoms with Gasteiger partial charge in [0.1, 0.15) is 11.6 Å². The van der Waals surface area contributed by atoms with Crippen molar-refractivity contribution in [2.24, 2.45) is 5.92 Å². The summed E-state index contributed by atoms with van der Waals surface area (Å²) in [4.78, 5) is 30.3. The van der Waals surface area contributed by atoms with Gasteiger partial charge in [-0.25, -0.2) is 9.37 Å². The number of amides is 2. The summed E-state index contributed by atoms with van der Waals surface area (Å²) < 4.78 is 52.4. The number of hydrogen-bond donors (Lipinski definition) is 2. The Balaban J connectivity index is 1.66. The van der Waals surface area contributed by atoms with E-state index in [0.717, 1.165) is 12.1 Å². The molecule has 1 aliphatic heterocycles. The predicted molar refractivity (Wildman–Crippen MR) is 112 cm³/mol. The molecule has 0 saturated carbocycles. The van der Waals surface area contributed by atoms with Gasteiger partial charge < -0.3 is 15.5 Å². The van der Waals surface area contributed by atoms with Crippen LogP contribution < -0.4 is 15.5 Å². The molecule has 32 heavy (non-hydrogen) atoms. The lowest BCUT2D eigenvalue weighted by atomic mass is 10.0. The Labute approximate surface area is 183 Å². The second-order valence-corrected chi connectivity index (χ2v) is 7.99. The van der Waals surface area contributed by atoms with E-state index < -0.39 is 17.6 Å². The zero-order valence-electron chi connectivity index (χ0n) is 17.7. The molecule has 1 atom stereocenters. The van der Waals surface area contributed by atoms with Crippen LogP contribution >= 0.6 is 0 Å². The minimum absolute atomic E-state index is 0.221. The van der Waals surface area contributed by atoms with Crippen molar-refractivity contribution in [3.63, 3.8) is 0 Å². The predicted octanol–water partition coefficient (Wildman–Crippen LogP) is 4.23. The summed E-state index contributed by atoms with van der Waals surface area (Å²) in [5.74, 6) is -1.88. The monoisotopic (exact) mass is 452 g/mol. The number of aromatic nitrogens is 1. The van der Waals surface area contributed by atoms with Crippen LogP contribution in [0.2, 0.25) is 0 Å². The Morgan fingerprint density at radius 3 is 2.59 bits per heavy atom. The Hall–Kier alpha value is -3.17. The third-order valence-electron chi connectivity index (χ3n) is 5.18. The molecule has 1 aliphatic rings. The third kappa shape index (κ3) is 5.74. The van der Waals surface area contributed by atoms with Crippen LogP contribution in [0.25, 0.3) is 0 Å². The van der Waals surface area contributed by atoms with Crippen molar-refractivity contribution in [1.29, 1.82) is 0 Å². The Bertz CT molecular complexity index is 994. The molecule has 1 fully saturated rings. The zero-order chi connectivity index (χ0) is 23.5. The summed E-state index contributed by atoms with van der Waals surface area (Å²) in [5, 5.41) is 5.53. The fourth-order valence-corrected chi connectivity index (χ4v) is 3.44. The van der Waals surface area contributed by atoms with Gasteiger partial charge in [-0.05, 0) is 43.2 Å². The number of rotatable bonds is 5. The van der Waals surface area contributed by atoms with Crippen molar-refractivity contribution < 1.29 is 27.2 Å². The number of carbonyl (C=O) groups is 2. The van der Waals surface area contributed by atoms with Crippen LogP contribution in [-0.2, 0) is 11.0 Å². The highest BCUT2D eigenvalue weighted by Gasteiger charge is 2.34. The molecule has 0 spiro atoms. The Morgan fingerprint density at radius 2 is 1.94 bits per heavy atom. The van der Waals surface area contributed by atoms with E-state index in [-0.39, 0.29) is 29.6 Å². The number of alkyl halides is 3. The smallest absolute Gasteiger partial charge is 0.369 e. The van der Waals surface area contributed by atoms with Crippen LogP contribution in [-0.4, -0.2) is 35.9 Å². The molecule has 10 heteroatoms. The normalized spacial score (nSPS) is 16.7. The summed E-state index contributed by atoms with van der Waals surface area (Å²) in [6.45, 7) is 4.35. The van der Waals surface area contributed by atoms with Crippen LogP contribution in [0, 0.1) is 11.7 Å². The number of benzene rings is 1. The van der Waals surface area contributed by atoms with Crippen LogP contribution in [0.1, 0.15) is 42.6 Å². The molecule has 6 nitrogen and oxygen atoms in total. The van der Waals surface area contributed by atoms with Gasteiger partial charge >= 0.3 is 6.18 Å². The first kappa shape index (κ1) is 23.5. The number of carbonyl (C=O) groups excluding carboxylic acids is 2. The molecule has 0 bridgehead atoms. The van der Waals surface area contributed by atoms with E-state index in [1.54, 1.807) is 18.7 Å². The topological polar surface area (TPSA) is 74.3 Å². The maximum Gasteiger partial charge on any atom is 0.419 e. The first-order valence-corrected chi connectivity index (χ1v) is 10.2. The van der Waals surface area contributed by atoms with Crippen molar-refractivity contribution in [3.8, 4) is 0 Å². The summed E-state index contributed by atoms with van der Waals surface area (Å²) in [6, 6.07) is 5.57. The van der Waals surface area contributed by atoms with E-state index in [4.69, 9.17) is 0 Å². The average molecular weight is 452 g/mol. The minimum Gasteiger partial charge on any atom is -0.369 e. The molecule has 172 valence electrons. The largest absolute Gasteiger partial charge is 0.419 e. The van der Waals surface area contributed by atoms with Gasteiger partial charge in [0.15, 0.2) is 0 Å². The van der Waals surface area contributed by atoms with Crippen molar-refractivity contribution in [1.82, 2.24) is 10.3 Å². The van der Waals surface area contributed by atoms with E-state index >= 15 is 0 Å². The molecule has 2 amide bonds. The highest BCUT2D eigenvalue weighted by atomic mass is 19.4. The van der Waals surface area contributed by atoms with Gasteiger partial charge in [-0.15, -0.1) is 0 Å². The highest BCUT2D eigenvalue weighted by molar-refractivity contribution is 5.97. The minimum atomic E-state index is -4.75. The zero-order valence-corrected chi connectivity index (χ0v) is 17.7. The van der Waals surface area contributed by atoms with E-state index in [1.807, 2.05) is 0 Å². The summed E-state index contributed by atoms with van der Waals surface area (Å²) in [7, 11) is 0. The molecule has 0 radical (unpaired) electrons. The van der Waals surface area contributed by atoms with Gasteiger partial charge in [0.05, 0.1) is 5.56 Å². The quantitative estimate of drug-likeness (QED) is 0.666. The van der Waals surface area contributed by atoms with Crippen LogP contribution in [0.4, 0.5) is 29.1 Å². The summed E-state index contributed by atoms with van der Waals surface area (Å²) >= 11 is 0. The van der Waals surface area contributed by atoms with E-state index in [0.29, 0.717) is 37.2 Å². The number of piperidine rings is 1. The molecule has 1 aromatic carbocycles. The van der Waals surface area contributed by atoms with Crippen molar-refractivity contribution in [2.75, 3.05) is 23.3 Å². The van der Waals surface area contributed by atoms with Gasteiger partial charge in [-0.1, -0.05) is 13.8 Å². The lowest BCUT2D eigenvalue weighted by molar-refractivity contribution is -0.140. The van der Waals surface area contributed by atoms with Crippen molar-refractivity contribution in [2.45, 2.75) is 38.9 Å². The molecule has 2 aromatic rings. The van der Waals surface area contributed by atoms with Gasteiger partial charge in [0.25, 0.3) is 5.91 Å². The molecule has 3 rings (SSSR count). The van der Waals surface area contributed by atoms with E-state index in [9.17, 15) is 27.2 Å². The third-order valence-corrected chi connectivity index (χ3v) is 5.18. The van der Waals surface area contributed by atoms with Gasteiger partial charge in [0, 0.05) is 42.5 Å². The fourth-order valence-electron chi connectivity index (χ4n) is 3.44. The summed E-state index contributed by atoms with van der Waals surface area (Å²) in [6.07, 6.45) is -1.98. The molecule has 1 aromatic heterocycles. The molecule has 1 saturated heterocycles. The second-order valence-electron chi connectivity index (χ2n) is 7.99. The molecular weight excluding hydrogens is 428 g/mol. The average Bonchev–Trinajstić information content (AvgIpc) is 2.73. The number of pyridine rings is 1. The first-order chi connectivity index (χ1) is 15.0. The van der Waals surface area contributed by atoms with Gasteiger partial charge in [0.2, 0.25) is 5.91 Å². The number of hydrogen-bond acceptors (Lipinski definition) is 4. The first-order valence-electron chi connectivity index (χ1n) is 10.2. The molecule has 0 aliphatic carbocycles. The van der Waals surface area contributed by atoms with Crippen molar-refractivity contribution in [3.05, 3.63) is 53.5 Å². The van der Waals surface area contributed by atoms with Gasteiger partial charge in [-0.2, -0.15) is 13.2 Å². The SMILES string of the molecule is CC(C)C(=O)Nc1cc(C(=O)N[C@@H]2CCCN(c3ccc(C(F)(F)F)c(F)c3)C2)ccn1.